The molecule has 4 nitrogen and oxygen atoms in total. The van der Waals surface area contributed by atoms with E-state index in [2.05, 4.69) is 13.8 Å². The predicted octanol–water partition coefficient (Wildman–Crippen LogP) is 3.66. The SMILES string of the molecule is CC(C)Sc1ccccc1C(=O)N1CCN(C(=O)C2CCCC2)CC1. The maximum absolute atomic E-state index is 12.9. The highest BCUT2D eigenvalue weighted by molar-refractivity contribution is 8.00. The Morgan fingerprint density at radius 2 is 1.60 bits per heavy atom. The Bertz CT molecular complexity index is 618. The minimum atomic E-state index is 0.0942. The van der Waals surface area contributed by atoms with E-state index in [4.69, 9.17) is 0 Å². The molecule has 0 radical (unpaired) electrons. The van der Waals surface area contributed by atoms with E-state index in [-0.39, 0.29) is 11.8 Å². The van der Waals surface area contributed by atoms with Crippen molar-refractivity contribution in [2.75, 3.05) is 26.2 Å². The first kappa shape index (κ1) is 18.3. The third kappa shape index (κ3) is 4.38. The van der Waals surface area contributed by atoms with Gasteiger partial charge in [0, 0.05) is 42.2 Å². The van der Waals surface area contributed by atoms with Crippen LogP contribution >= 0.6 is 11.8 Å². The monoisotopic (exact) mass is 360 g/mol. The van der Waals surface area contributed by atoms with Crippen molar-refractivity contribution in [3.05, 3.63) is 29.8 Å². The number of carbonyl (C=O) groups is 2. The number of piperazine rings is 1. The van der Waals surface area contributed by atoms with Gasteiger partial charge in [-0.1, -0.05) is 38.8 Å². The van der Waals surface area contributed by atoms with Gasteiger partial charge in [-0.15, -0.1) is 11.8 Å². The highest BCUT2D eigenvalue weighted by atomic mass is 32.2. The molecule has 5 heteroatoms. The van der Waals surface area contributed by atoms with Gasteiger partial charge in [0.2, 0.25) is 5.91 Å². The Hall–Kier alpha value is -1.49. The molecule has 1 aromatic rings. The quantitative estimate of drug-likeness (QED) is 0.770. The van der Waals surface area contributed by atoms with E-state index < -0.39 is 0 Å². The lowest BCUT2D eigenvalue weighted by molar-refractivity contribution is -0.136. The van der Waals surface area contributed by atoms with Gasteiger partial charge in [0.05, 0.1) is 5.56 Å². The molecule has 3 rings (SSSR count). The Morgan fingerprint density at radius 3 is 2.24 bits per heavy atom. The summed E-state index contributed by atoms with van der Waals surface area (Å²) in [5.74, 6) is 0.627. The number of thioether (sulfide) groups is 1. The predicted molar refractivity (Wildman–Crippen MR) is 102 cm³/mol. The third-order valence-corrected chi connectivity index (χ3v) is 6.14. The lowest BCUT2D eigenvalue weighted by Crippen LogP contribution is -2.51. The highest BCUT2D eigenvalue weighted by Gasteiger charge is 2.31. The van der Waals surface area contributed by atoms with Crippen molar-refractivity contribution in [2.45, 2.75) is 49.7 Å². The fourth-order valence-electron chi connectivity index (χ4n) is 3.73. The van der Waals surface area contributed by atoms with Gasteiger partial charge in [-0.25, -0.2) is 0 Å². The number of nitrogens with zero attached hydrogens (tertiary/aromatic N) is 2. The maximum Gasteiger partial charge on any atom is 0.255 e. The average Bonchev–Trinajstić information content (AvgIpc) is 3.15. The summed E-state index contributed by atoms with van der Waals surface area (Å²) in [6.07, 6.45) is 4.44. The summed E-state index contributed by atoms with van der Waals surface area (Å²) in [5.41, 5.74) is 0.789. The van der Waals surface area contributed by atoms with E-state index in [1.807, 2.05) is 34.1 Å². The van der Waals surface area contributed by atoms with Crippen LogP contribution < -0.4 is 0 Å². The molecule has 2 aliphatic rings. The number of benzene rings is 1. The van der Waals surface area contributed by atoms with Crippen LogP contribution in [0.1, 0.15) is 49.9 Å². The zero-order chi connectivity index (χ0) is 17.8. The first-order chi connectivity index (χ1) is 12.1. The van der Waals surface area contributed by atoms with E-state index in [1.54, 1.807) is 11.8 Å². The number of carbonyl (C=O) groups excluding carboxylic acids is 2. The molecule has 0 spiro atoms. The number of hydrogen-bond acceptors (Lipinski definition) is 3. The van der Waals surface area contributed by atoms with Crippen LogP contribution in [0.25, 0.3) is 0 Å². The minimum absolute atomic E-state index is 0.0942. The summed E-state index contributed by atoms with van der Waals surface area (Å²) < 4.78 is 0. The Balaban J connectivity index is 1.61. The summed E-state index contributed by atoms with van der Waals surface area (Å²) in [6, 6.07) is 7.86. The normalized spacial score (nSPS) is 18.8. The number of amides is 2. The van der Waals surface area contributed by atoms with Gasteiger partial charge in [0.15, 0.2) is 0 Å². The summed E-state index contributed by atoms with van der Waals surface area (Å²) in [7, 11) is 0. The topological polar surface area (TPSA) is 40.6 Å². The second kappa shape index (κ2) is 8.26. The van der Waals surface area contributed by atoms with Gasteiger partial charge in [0.25, 0.3) is 5.91 Å². The average molecular weight is 361 g/mol. The molecule has 2 amide bonds. The molecule has 0 unspecified atom stereocenters. The molecule has 1 aliphatic heterocycles. The zero-order valence-corrected chi connectivity index (χ0v) is 16.1. The molecular formula is C20H28N2O2S. The molecule has 1 heterocycles. The van der Waals surface area contributed by atoms with E-state index in [9.17, 15) is 9.59 Å². The van der Waals surface area contributed by atoms with E-state index in [0.29, 0.717) is 37.3 Å². The van der Waals surface area contributed by atoms with Crippen molar-refractivity contribution in [2.24, 2.45) is 5.92 Å². The molecule has 0 aromatic heterocycles. The van der Waals surface area contributed by atoms with E-state index >= 15 is 0 Å². The third-order valence-electron chi connectivity index (χ3n) is 5.06. The van der Waals surface area contributed by atoms with Crippen LogP contribution in [0.2, 0.25) is 0 Å². The van der Waals surface area contributed by atoms with Crippen molar-refractivity contribution in [1.82, 2.24) is 9.80 Å². The fraction of sp³-hybridized carbons (Fsp3) is 0.600. The van der Waals surface area contributed by atoms with Crippen molar-refractivity contribution in [1.29, 1.82) is 0 Å². The lowest BCUT2D eigenvalue weighted by atomic mass is 10.1. The van der Waals surface area contributed by atoms with Crippen LogP contribution in [-0.2, 0) is 4.79 Å². The second-order valence-electron chi connectivity index (χ2n) is 7.26. The van der Waals surface area contributed by atoms with Crippen molar-refractivity contribution in [3.63, 3.8) is 0 Å². The van der Waals surface area contributed by atoms with Gasteiger partial charge in [0.1, 0.15) is 0 Å². The number of rotatable bonds is 4. The fourth-order valence-corrected chi connectivity index (χ4v) is 4.68. The van der Waals surface area contributed by atoms with Gasteiger partial charge in [-0.3, -0.25) is 9.59 Å². The van der Waals surface area contributed by atoms with Crippen molar-refractivity contribution in [3.8, 4) is 0 Å². The zero-order valence-electron chi connectivity index (χ0n) is 15.2. The molecule has 2 fully saturated rings. The van der Waals surface area contributed by atoms with Crippen LogP contribution in [0.3, 0.4) is 0 Å². The molecule has 1 aliphatic carbocycles. The maximum atomic E-state index is 12.9. The minimum Gasteiger partial charge on any atom is -0.339 e. The van der Waals surface area contributed by atoms with E-state index in [1.165, 1.54) is 12.8 Å². The van der Waals surface area contributed by atoms with Crippen LogP contribution in [0.5, 0.6) is 0 Å². The van der Waals surface area contributed by atoms with Crippen molar-refractivity contribution >= 4 is 23.6 Å². The van der Waals surface area contributed by atoms with Gasteiger partial charge >= 0.3 is 0 Å². The van der Waals surface area contributed by atoms with Crippen LogP contribution in [0, 0.1) is 5.92 Å². The molecule has 0 bridgehead atoms. The number of hydrogen-bond donors (Lipinski definition) is 0. The van der Waals surface area contributed by atoms with Crippen LogP contribution in [-0.4, -0.2) is 53.0 Å². The molecular weight excluding hydrogens is 332 g/mol. The highest BCUT2D eigenvalue weighted by Crippen LogP contribution is 2.29. The summed E-state index contributed by atoms with van der Waals surface area (Å²) in [5, 5.41) is 0.440. The first-order valence-corrected chi connectivity index (χ1v) is 10.3. The summed E-state index contributed by atoms with van der Waals surface area (Å²) in [4.78, 5) is 30.4. The molecule has 25 heavy (non-hydrogen) atoms. The van der Waals surface area contributed by atoms with Crippen LogP contribution in [0.15, 0.2) is 29.2 Å². The first-order valence-electron chi connectivity index (χ1n) is 9.40. The van der Waals surface area contributed by atoms with Crippen LogP contribution in [0.4, 0.5) is 0 Å². The molecule has 0 atom stereocenters. The Morgan fingerprint density at radius 1 is 1.00 bits per heavy atom. The van der Waals surface area contributed by atoms with Crippen molar-refractivity contribution < 1.29 is 9.59 Å². The Kier molecular flexibility index (Phi) is 6.05. The van der Waals surface area contributed by atoms with Gasteiger partial charge in [-0.2, -0.15) is 0 Å². The molecule has 1 aromatic carbocycles. The Labute approximate surface area is 154 Å². The summed E-state index contributed by atoms with van der Waals surface area (Å²) in [6.45, 7) is 6.88. The molecule has 136 valence electrons. The smallest absolute Gasteiger partial charge is 0.255 e. The van der Waals surface area contributed by atoms with Gasteiger partial charge in [-0.05, 0) is 25.0 Å². The standard InChI is InChI=1S/C20H28N2O2S/c1-15(2)25-18-10-6-5-9-17(18)20(24)22-13-11-21(12-14-22)19(23)16-7-3-4-8-16/h5-6,9-10,15-16H,3-4,7-8,11-14H2,1-2H3. The molecule has 1 saturated carbocycles. The molecule has 1 saturated heterocycles. The van der Waals surface area contributed by atoms with E-state index in [0.717, 1.165) is 23.3 Å². The largest absolute Gasteiger partial charge is 0.339 e. The van der Waals surface area contributed by atoms with Gasteiger partial charge < -0.3 is 9.80 Å². The molecule has 0 N–H and O–H groups in total. The summed E-state index contributed by atoms with van der Waals surface area (Å²) >= 11 is 1.73. The lowest BCUT2D eigenvalue weighted by Gasteiger charge is -2.36. The second-order valence-corrected chi connectivity index (χ2v) is 8.88.